The van der Waals surface area contributed by atoms with E-state index in [-0.39, 0.29) is 24.4 Å². The molecule has 0 bridgehead atoms. The van der Waals surface area contributed by atoms with Gasteiger partial charge in [-0.25, -0.2) is 0 Å². The smallest absolute Gasteiger partial charge is 0.306 e. The van der Waals surface area contributed by atoms with Crippen LogP contribution in [0.3, 0.4) is 0 Å². The Kier molecular flexibility index (Phi) is 5.34. The minimum atomic E-state index is -0.359. The van der Waals surface area contributed by atoms with Gasteiger partial charge >= 0.3 is 5.97 Å². The second-order valence-corrected chi connectivity index (χ2v) is 5.32. The van der Waals surface area contributed by atoms with Gasteiger partial charge in [-0.3, -0.25) is 4.79 Å². The van der Waals surface area contributed by atoms with Crippen molar-refractivity contribution in [3.8, 4) is 0 Å². The van der Waals surface area contributed by atoms with E-state index in [1.54, 1.807) is 0 Å². The summed E-state index contributed by atoms with van der Waals surface area (Å²) >= 11 is 0. The van der Waals surface area contributed by atoms with Crippen LogP contribution in [-0.4, -0.2) is 11.6 Å². The highest BCUT2D eigenvalue weighted by atomic mass is 16.6. The van der Waals surface area contributed by atoms with Crippen molar-refractivity contribution in [1.29, 1.82) is 0 Å². The van der Waals surface area contributed by atoms with Crippen LogP contribution in [0.25, 0.3) is 0 Å². The van der Waals surface area contributed by atoms with Gasteiger partial charge in [0.2, 0.25) is 0 Å². The van der Waals surface area contributed by atoms with E-state index in [1.165, 1.54) is 0 Å². The van der Waals surface area contributed by atoms with Crippen LogP contribution in [0.1, 0.15) is 55.4 Å². The van der Waals surface area contributed by atoms with Crippen molar-refractivity contribution in [3.63, 3.8) is 0 Å². The molecule has 0 saturated heterocycles. The van der Waals surface area contributed by atoms with Crippen LogP contribution in [-0.2, 0) is 9.53 Å². The fourth-order valence-electron chi connectivity index (χ4n) is 0.811. The van der Waals surface area contributed by atoms with Crippen molar-refractivity contribution in [2.45, 2.75) is 61.0 Å². The zero-order valence-corrected chi connectivity index (χ0v) is 9.02. The van der Waals surface area contributed by atoms with Gasteiger partial charge < -0.3 is 4.74 Å². The van der Waals surface area contributed by atoms with Crippen molar-refractivity contribution >= 4 is 5.97 Å². The number of ether oxygens (including phenoxy) is 1. The molecular weight excluding hydrogens is 164 g/mol. The number of carbonyl (C=O) groups excluding carboxylic acids is 1. The van der Waals surface area contributed by atoms with Crippen LogP contribution in [0, 0.1) is 5.41 Å². The summed E-state index contributed by atoms with van der Waals surface area (Å²) in [5.74, 6) is -0.116. The van der Waals surface area contributed by atoms with E-state index in [4.69, 9.17) is 4.74 Å². The van der Waals surface area contributed by atoms with Gasteiger partial charge in [-0.15, -0.1) is 0 Å². The van der Waals surface area contributed by atoms with Crippen LogP contribution in [0.2, 0.25) is 0 Å². The third-order valence-electron chi connectivity index (χ3n) is 1.09. The predicted molar refractivity (Wildman–Crippen MR) is 56.6 cm³/mol. The molecule has 0 N–H and O–H groups in total. The largest absolute Gasteiger partial charge is 0.460 e. The van der Waals surface area contributed by atoms with Gasteiger partial charge in [-0.05, 0) is 26.2 Å². The number of rotatable bonds is 1. The average Bonchev–Trinajstić information content (AvgIpc) is 1.49. The number of hydrogen-bond acceptors (Lipinski definition) is 2. The Balaban J connectivity index is 0. The summed E-state index contributed by atoms with van der Waals surface area (Å²) in [5, 5.41) is 0. The summed E-state index contributed by atoms with van der Waals surface area (Å²) in [5.41, 5.74) is -0.343. The lowest BCUT2D eigenvalue weighted by atomic mass is 9.92. The molecule has 0 aromatic carbocycles. The van der Waals surface area contributed by atoms with Crippen LogP contribution >= 0.6 is 0 Å². The molecule has 0 unspecified atom stereocenters. The molecule has 0 radical (unpaired) electrons. The maximum Gasteiger partial charge on any atom is 0.306 e. The fraction of sp³-hybridized carbons (Fsp3) is 0.909. The van der Waals surface area contributed by atoms with Gasteiger partial charge in [0.1, 0.15) is 5.60 Å². The first-order chi connectivity index (χ1) is 5.10. The third-order valence-corrected chi connectivity index (χ3v) is 1.09. The van der Waals surface area contributed by atoms with Crippen LogP contribution in [0.4, 0.5) is 0 Å². The molecule has 0 aliphatic rings. The molecule has 0 aliphatic heterocycles. The highest BCUT2D eigenvalue weighted by Gasteiger charge is 2.21. The molecule has 80 valence electrons. The van der Waals surface area contributed by atoms with Crippen LogP contribution < -0.4 is 0 Å². The number of carbonyl (C=O) groups is 1. The number of esters is 1. The minimum Gasteiger partial charge on any atom is -0.460 e. The van der Waals surface area contributed by atoms with E-state index >= 15 is 0 Å². The Bertz CT molecular complexity index is 140. The zero-order valence-electron chi connectivity index (χ0n) is 9.02. The van der Waals surface area contributed by atoms with E-state index in [2.05, 4.69) is 0 Å². The SMILES string of the molecule is C.CC(C)(C)CC(=O)OC(C)(C)C. The maximum absolute atomic E-state index is 11.3. The maximum atomic E-state index is 11.3. The van der Waals surface area contributed by atoms with Crippen LogP contribution in [0.15, 0.2) is 0 Å². The molecule has 2 heteroatoms. The lowest BCUT2D eigenvalue weighted by Crippen LogP contribution is -2.26. The van der Waals surface area contributed by atoms with Crippen molar-refractivity contribution < 1.29 is 9.53 Å². The molecule has 0 spiro atoms. The molecular formula is C11H24O2. The normalized spacial score (nSPS) is 11.8. The topological polar surface area (TPSA) is 26.3 Å². The van der Waals surface area contributed by atoms with E-state index in [0.29, 0.717) is 6.42 Å². The molecule has 0 saturated carbocycles. The van der Waals surface area contributed by atoms with Gasteiger partial charge in [0.15, 0.2) is 0 Å². The van der Waals surface area contributed by atoms with Gasteiger partial charge in [-0.1, -0.05) is 28.2 Å². The lowest BCUT2D eigenvalue weighted by Gasteiger charge is -2.23. The first-order valence-corrected chi connectivity index (χ1v) is 4.32. The Morgan fingerprint density at radius 3 is 1.69 bits per heavy atom. The van der Waals surface area contributed by atoms with Gasteiger partial charge in [0, 0.05) is 0 Å². The second kappa shape index (κ2) is 4.64. The average molecular weight is 188 g/mol. The minimum absolute atomic E-state index is 0. The summed E-state index contributed by atoms with van der Waals surface area (Å²) in [4.78, 5) is 11.3. The quantitative estimate of drug-likeness (QED) is 0.589. The van der Waals surface area contributed by atoms with Crippen molar-refractivity contribution in [2.75, 3.05) is 0 Å². The molecule has 0 aromatic rings. The Morgan fingerprint density at radius 1 is 1.08 bits per heavy atom. The van der Waals surface area contributed by atoms with Gasteiger partial charge in [0.25, 0.3) is 0 Å². The molecule has 0 heterocycles. The van der Waals surface area contributed by atoms with Crippen molar-refractivity contribution in [1.82, 2.24) is 0 Å². The molecule has 0 fully saturated rings. The Hall–Kier alpha value is -0.530. The standard InChI is InChI=1S/C10H20O2.CH4/c1-9(2,3)7-8(11)12-10(4,5)6;/h7H2,1-6H3;1H4. The fourth-order valence-corrected chi connectivity index (χ4v) is 0.811. The summed E-state index contributed by atoms with van der Waals surface area (Å²) in [7, 11) is 0. The summed E-state index contributed by atoms with van der Waals surface area (Å²) < 4.78 is 5.17. The first-order valence-electron chi connectivity index (χ1n) is 4.32. The number of hydrogen-bond donors (Lipinski definition) is 0. The Labute approximate surface area is 82.7 Å². The molecule has 0 atom stereocenters. The van der Waals surface area contributed by atoms with Crippen molar-refractivity contribution in [3.05, 3.63) is 0 Å². The molecule has 0 aromatic heterocycles. The highest BCUT2D eigenvalue weighted by Crippen LogP contribution is 2.20. The van der Waals surface area contributed by atoms with E-state index in [1.807, 2.05) is 41.5 Å². The van der Waals surface area contributed by atoms with Gasteiger partial charge in [-0.2, -0.15) is 0 Å². The Morgan fingerprint density at radius 2 is 1.46 bits per heavy atom. The molecule has 0 rings (SSSR count). The van der Waals surface area contributed by atoms with E-state index in [0.717, 1.165) is 0 Å². The molecule has 13 heavy (non-hydrogen) atoms. The first kappa shape index (κ1) is 15.0. The molecule has 0 amide bonds. The van der Waals surface area contributed by atoms with Crippen molar-refractivity contribution in [2.24, 2.45) is 5.41 Å². The third kappa shape index (κ3) is 11.5. The molecule has 2 nitrogen and oxygen atoms in total. The van der Waals surface area contributed by atoms with E-state index in [9.17, 15) is 4.79 Å². The summed E-state index contributed by atoms with van der Waals surface area (Å²) in [6.07, 6.45) is 0.476. The van der Waals surface area contributed by atoms with E-state index < -0.39 is 0 Å². The second-order valence-electron chi connectivity index (χ2n) is 5.32. The van der Waals surface area contributed by atoms with Crippen LogP contribution in [0.5, 0.6) is 0 Å². The monoisotopic (exact) mass is 188 g/mol. The zero-order chi connectivity index (χ0) is 9.99. The lowest BCUT2D eigenvalue weighted by molar-refractivity contribution is -0.156. The molecule has 0 aliphatic carbocycles. The summed E-state index contributed by atoms with van der Waals surface area (Å²) in [6.45, 7) is 11.7. The highest BCUT2D eigenvalue weighted by molar-refractivity contribution is 5.70. The predicted octanol–water partition coefficient (Wildman–Crippen LogP) is 3.40. The summed E-state index contributed by atoms with van der Waals surface area (Å²) in [6, 6.07) is 0. The van der Waals surface area contributed by atoms with Gasteiger partial charge in [0.05, 0.1) is 6.42 Å².